The van der Waals surface area contributed by atoms with Gasteiger partial charge in [0.05, 0.1) is 6.42 Å². The number of amides is 2. The van der Waals surface area contributed by atoms with Crippen LogP contribution < -0.4 is 5.32 Å². The number of hydrogen-bond donors (Lipinski definition) is 1. The van der Waals surface area contributed by atoms with Crippen LogP contribution in [0.5, 0.6) is 0 Å². The lowest BCUT2D eigenvalue weighted by atomic mass is 9.98. The smallest absolute Gasteiger partial charge is 0.260 e. The number of benzene rings is 1. The van der Waals surface area contributed by atoms with E-state index in [1.165, 1.54) is 37.9 Å². The second kappa shape index (κ2) is 5.85. The summed E-state index contributed by atoms with van der Waals surface area (Å²) in [6.45, 7) is 4.32. The fourth-order valence-corrected chi connectivity index (χ4v) is 3.00. The average Bonchev–Trinajstić information content (AvgIpc) is 2.98. The SMILES string of the molecule is CN1C(=O)Cc2cc(NCCN3CCCC3)ccc2C1=O. The van der Waals surface area contributed by atoms with E-state index >= 15 is 0 Å². The number of carbonyl (C=O) groups is 2. The van der Waals surface area contributed by atoms with Crippen molar-refractivity contribution >= 4 is 17.5 Å². The van der Waals surface area contributed by atoms with Gasteiger partial charge in [0.2, 0.25) is 5.91 Å². The molecule has 21 heavy (non-hydrogen) atoms. The van der Waals surface area contributed by atoms with E-state index in [2.05, 4.69) is 10.2 Å². The highest BCUT2D eigenvalue weighted by Gasteiger charge is 2.27. The molecule has 3 rings (SSSR count). The van der Waals surface area contributed by atoms with Crippen LogP contribution in [0, 0.1) is 0 Å². The molecule has 112 valence electrons. The van der Waals surface area contributed by atoms with Crippen molar-refractivity contribution in [3.63, 3.8) is 0 Å². The third kappa shape index (κ3) is 2.93. The molecule has 1 N–H and O–H groups in total. The van der Waals surface area contributed by atoms with Crippen LogP contribution >= 0.6 is 0 Å². The minimum Gasteiger partial charge on any atom is -0.384 e. The molecule has 1 fully saturated rings. The molecule has 1 aromatic rings. The van der Waals surface area contributed by atoms with E-state index in [1.54, 1.807) is 0 Å². The van der Waals surface area contributed by atoms with E-state index in [1.807, 2.05) is 18.2 Å². The Balaban J connectivity index is 1.64. The maximum atomic E-state index is 12.0. The fourth-order valence-electron chi connectivity index (χ4n) is 3.00. The summed E-state index contributed by atoms with van der Waals surface area (Å²) in [5.41, 5.74) is 2.45. The zero-order valence-corrected chi connectivity index (χ0v) is 12.4. The number of imide groups is 1. The van der Waals surface area contributed by atoms with E-state index < -0.39 is 0 Å². The highest BCUT2D eigenvalue weighted by Crippen LogP contribution is 2.22. The van der Waals surface area contributed by atoms with Crippen LogP contribution in [0.2, 0.25) is 0 Å². The largest absolute Gasteiger partial charge is 0.384 e. The molecule has 5 heteroatoms. The number of carbonyl (C=O) groups excluding carboxylic acids is 2. The number of hydrogen-bond acceptors (Lipinski definition) is 4. The lowest BCUT2D eigenvalue weighted by molar-refractivity contribution is -0.127. The van der Waals surface area contributed by atoms with Gasteiger partial charge in [-0.1, -0.05) is 0 Å². The number of nitrogens with one attached hydrogen (secondary N) is 1. The van der Waals surface area contributed by atoms with Gasteiger partial charge < -0.3 is 10.2 Å². The maximum Gasteiger partial charge on any atom is 0.260 e. The molecule has 2 amide bonds. The first-order chi connectivity index (χ1) is 10.1. The van der Waals surface area contributed by atoms with Gasteiger partial charge in [-0.2, -0.15) is 0 Å². The molecule has 0 radical (unpaired) electrons. The lowest BCUT2D eigenvalue weighted by Crippen LogP contribution is -2.39. The topological polar surface area (TPSA) is 52.7 Å². The molecular formula is C16H21N3O2. The molecule has 2 aliphatic heterocycles. The minimum absolute atomic E-state index is 0.137. The second-order valence-corrected chi connectivity index (χ2v) is 5.78. The van der Waals surface area contributed by atoms with Gasteiger partial charge in [-0.05, 0) is 49.7 Å². The molecule has 0 aliphatic carbocycles. The molecule has 0 unspecified atom stereocenters. The van der Waals surface area contributed by atoms with E-state index in [4.69, 9.17) is 0 Å². The summed E-state index contributed by atoms with van der Waals surface area (Å²) in [5.74, 6) is -0.341. The zero-order chi connectivity index (χ0) is 14.8. The van der Waals surface area contributed by atoms with E-state index in [0.29, 0.717) is 12.0 Å². The van der Waals surface area contributed by atoms with Gasteiger partial charge in [-0.15, -0.1) is 0 Å². The number of likely N-dealkylation sites (tertiary alicyclic amines) is 1. The minimum atomic E-state index is -0.204. The predicted molar refractivity (Wildman–Crippen MR) is 81.4 cm³/mol. The van der Waals surface area contributed by atoms with Crippen LogP contribution in [-0.4, -0.2) is 54.8 Å². The summed E-state index contributed by atoms with van der Waals surface area (Å²) in [6, 6.07) is 5.67. The summed E-state index contributed by atoms with van der Waals surface area (Å²) in [4.78, 5) is 27.4. The Bertz CT molecular complexity index is 565. The molecule has 2 heterocycles. The van der Waals surface area contributed by atoms with E-state index in [9.17, 15) is 9.59 Å². The van der Waals surface area contributed by atoms with Crippen LogP contribution in [0.3, 0.4) is 0 Å². The highest BCUT2D eigenvalue weighted by atomic mass is 16.2. The Hall–Kier alpha value is -1.88. The van der Waals surface area contributed by atoms with Crippen LogP contribution in [0.4, 0.5) is 5.69 Å². The average molecular weight is 287 g/mol. The van der Waals surface area contributed by atoms with Gasteiger partial charge in [0.1, 0.15) is 0 Å². The fraction of sp³-hybridized carbons (Fsp3) is 0.500. The molecule has 1 aromatic carbocycles. The Morgan fingerprint density at radius 1 is 1.19 bits per heavy atom. The Morgan fingerprint density at radius 3 is 2.71 bits per heavy atom. The van der Waals surface area contributed by atoms with Crippen molar-refractivity contribution in [1.29, 1.82) is 0 Å². The first-order valence-corrected chi connectivity index (χ1v) is 7.55. The first-order valence-electron chi connectivity index (χ1n) is 7.55. The molecule has 2 aliphatic rings. The Labute approximate surface area is 124 Å². The van der Waals surface area contributed by atoms with Crippen molar-refractivity contribution in [3.05, 3.63) is 29.3 Å². The van der Waals surface area contributed by atoms with E-state index in [-0.39, 0.29) is 11.8 Å². The van der Waals surface area contributed by atoms with Gasteiger partial charge in [-0.25, -0.2) is 0 Å². The predicted octanol–water partition coefficient (Wildman–Crippen LogP) is 1.35. The monoisotopic (exact) mass is 287 g/mol. The van der Waals surface area contributed by atoms with Crippen molar-refractivity contribution in [2.75, 3.05) is 38.5 Å². The van der Waals surface area contributed by atoms with Crippen molar-refractivity contribution in [2.24, 2.45) is 0 Å². The van der Waals surface area contributed by atoms with Gasteiger partial charge in [0.25, 0.3) is 5.91 Å². The molecule has 1 saturated heterocycles. The van der Waals surface area contributed by atoms with Crippen LogP contribution in [-0.2, 0) is 11.2 Å². The zero-order valence-electron chi connectivity index (χ0n) is 12.4. The summed E-state index contributed by atoms with van der Waals surface area (Å²) in [6.07, 6.45) is 2.91. The quantitative estimate of drug-likeness (QED) is 0.849. The molecule has 0 bridgehead atoms. The van der Waals surface area contributed by atoms with Crippen molar-refractivity contribution < 1.29 is 9.59 Å². The van der Waals surface area contributed by atoms with Crippen LogP contribution in [0.1, 0.15) is 28.8 Å². The number of fused-ring (bicyclic) bond motifs is 1. The summed E-state index contributed by atoms with van der Waals surface area (Å²) in [5, 5.41) is 3.38. The second-order valence-electron chi connectivity index (χ2n) is 5.78. The molecule has 0 atom stereocenters. The molecule has 0 aromatic heterocycles. The first kappa shape index (κ1) is 14.1. The van der Waals surface area contributed by atoms with Crippen molar-refractivity contribution in [2.45, 2.75) is 19.3 Å². The molecule has 0 spiro atoms. The van der Waals surface area contributed by atoms with Gasteiger partial charge in [-0.3, -0.25) is 14.5 Å². The highest BCUT2D eigenvalue weighted by molar-refractivity contribution is 6.09. The van der Waals surface area contributed by atoms with Gasteiger partial charge in [0, 0.05) is 31.4 Å². The van der Waals surface area contributed by atoms with Crippen molar-refractivity contribution in [3.8, 4) is 0 Å². The molecule has 0 saturated carbocycles. The normalized spacial score (nSPS) is 19.0. The standard InChI is InChI=1S/C16H21N3O2/c1-18-15(20)11-12-10-13(4-5-14(12)16(18)21)17-6-9-19-7-2-3-8-19/h4-5,10,17H,2-3,6-9,11H2,1H3. The molecular weight excluding hydrogens is 266 g/mol. The third-order valence-electron chi connectivity index (χ3n) is 4.31. The number of likely N-dealkylation sites (N-methyl/N-ethyl adjacent to an activating group) is 1. The van der Waals surface area contributed by atoms with E-state index in [0.717, 1.165) is 24.3 Å². The Morgan fingerprint density at radius 2 is 1.95 bits per heavy atom. The lowest BCUT2D eigenvalue weighted by Gasteiger charge is -2.23. The van der Waals surface area contributed by atoms with Crippen molar-refractivity contribution in [1.82, 2.24) is 9.80 Å². The summed E-state index contributed by atoms with van der Waals surface area (Å²) in [7, 11) is 1.54. The van der Waals surface area contributed by atoms with Gasteiger partial charge >= 0.3 is 0 Å². The number of nitrogens with zero attached hydrogens (tertiary/aromatic N) is 2. The molecule has 5 nitrogen and oxygen atoms in total. The van der Waals surface area contributed by atoms with Crippen LogP contribution in [0.25, 0.3) is 0 Å². The summed E-state index contributed by atoms with van der Waals surface area (Å²) < 4.78 is 0. The third-order valence-corrected chi connectivity index (χ3v) is 4.31. The number of anilines is 1. The summed E-state index contributed by atoms with van der Waals surface area (Å²) >= 11 is 0. The number of rotatable bonds is 4. The van der Waals surface area contributed by atoms with Crippen LogP contribution in [0.15, 0.2) is 18.2 Å². The van der Waals surface area contributed by atoms with Gasteiger partial charge in [0.15, 0.2) is 0 Å². The Kier molecular flexibility index (Phi) is 3.92. The maximum absolute atomic E-state index is 12.0.